The van der Waals surface area contributed by atoms with Gasteiger partial charge in [0.1, 0.15) is 0 Å². The van der Waals surface area contributed by atoms with E-state index in [9.17, 15) is 4.79 Å². The minimum absolute atomic E-state index is 0.0693. The molecule has 0 aromatic heterocycles. The second-order valence-corrected chi connectivity index (χ2v) is 31.6. The normalized spacial score (nSPS) is 41.5. The summed E-state index contributed by atoms with van der Waals surface area (Å²) in [6.07, 6.45) is 10.9. The van der Waals surface area contributed by atoms with E-state index in [0.29, 0.717) is 53.4 Å². The van der Waals surface area contributed by atoms with Crippen LogP contribution in [0.25, 0.3) is 0 Å². The van der Waals surface area contributed by atoms with Gasteiger partial charge in [0.25, 0.3) is 0 Å². The summed E-state index contributed by atoms with van der Waals surface area (Å²) in [7, 11) is -3.82. The van der Waals surface area contributed by atoms with E-state index in [1.165, 1.54) is 45.6 Å². The molecular formula is C34H66O5Si3. The minimum atomic E-state index is -1.85. The van der Waals surface area contributed by atoms with Crippen LogP contribution in [0.4, 0.5) is 0 Å². The highest BCUT2D eigenvalue weighted by Crippen LogP contribution is 2.69. The van der Waals surface area contributed by atoms with Gasteiger partial charge in [-0.3, -0.25) is 4.79 Å². The lowest BCUT2D eigenvalue weighted by molar-refractivity contribution is -0.213. The van der Waals surface area contributed by atoms with Crippen LogP contribution in [0.2, 0.25) is 58.9 Å². The van der Waals surface area contributed by atoms with E-state index in [0.717, 1.165) is 12.8 Å². The Bertz CT molecular complexity index is 954. The van der Waals surface area contributed by atoms with Gasteiger partial charge in [-0.15, -0.1) is 0 Å². The fourth-order valence-corrected chi connectivity index (χ4v) is 13.9. The summed E-state index contributed by atoms with van der Waals surface area (Å²) >= 11 is 0. The van der Waals surface area contributed by atoms with Crippen LogP contribution in [0, 0.1) is 46.3 Å². The van der Waals surface area contributed by atoms with Gasteiger partial charge < -0.3 is 18.0 Å². The maximum atomic E-state index is 12.0. The van der Waals surface area contributed by atoms with Crippen molar-refractivity contribution >= 4 is 30.9 Å². The van der Waals surface area contributed by atoms with Gasteiger partial charge in [0.2, 0.25) is 0 Å². The molecule has 8 heteroatoms. The van der Waals surface area contributed by atoms with Gasteiger partial charge in [0.05, 0.1) is 19.3 Å². The molecule has 0 N–H and O–H groups in total. The van der Waals surface area contributed by atoms with Crippen molar-refractivity contribution in [2.45, 2.75) is 156 Å². The molecule has 0 saturated heterocycles. The fraction of sp³-hybridized carbons (Fsp3) is 0.971. The van der Waals surface area contributed by atoms with Crippen molar-refractivity contribution in [3.63, 3.8) is 0 Å². The Morgan fingerprint density at radius 1 is 0.738 bits per heavy atom. The first kappa shape index (κ1) is 34.9. The van der Waals surface area contributed by atoms with E-state index in [-0.39, 0.29) is 23.6 Å². The molecule has 0 unspecified atom stereocenters. The predicted octanol–water partition coefficient (Wildman–Crippen LogP) is 9.11. The monoisotopic (exact) mass is 638 g/mol. The number of fused-ring (bicyclic) bond motifs is 5. The molecule has 0 aromatic rings. The van der Waals surface area contributed by atoms with E-state index >= 15 is 0 Å². The second-order valence-electron chi connectivity index (χ2n) is 18.2. The molecule has 42 heavy (non-hydrogen) atoms. The molecule has 0 bridgehead atoms. The minimum Gasteiger partial charge on any atom is -0.469 e. The number of rotatable bonds is 10. The second kappa shape index (κ2) is 12.3. The zero-order chi connectivity index (χ0) is 31.5. The predicted molar refractivity (Wildman–Crippen MR) is 181 cm³/mol. The van der Waals surface area contributed by atoms with Crippen molar-refractivity contribution in [1.29, 1.82) is 0 Å². The third-order valence-corrected chi connectivity index (χ3v) is 14.9. The van der Waals surface area contributed by atoms with E-state index in [1.54, 1.807) is 0 Å². The first-order valence-corrected chi connectivity index (χ1v) is 27.5. The van der Waals surface area contributed by atoms with Crippen LogP contribution in [-0.4, -0.2) is 56.3 Å². The first-order chi connectivity index (χ1) is 19.2. The molecule has 0 radical (unpaired) electrons. The maximum absolute atomic E-state index is 12.0. The molecule has 5 nitrogen and oxygen atoms in total. The Morgan fingerprint density at radius 3 is 1.86 bits per heavy atom. The Kier molecular flexibility index (Phi) is 10.2. The fourth-order valence-electron chi connectivity index (χ4n) is 10.5. The molecule has 4 aliphatic rings. The number of hydrogen-bond acceptors (Lipinski definition) is 5. The zero-order valence-corrected chi connectivity index (χ0v) is 32.6. The van der Waals surface area contributed by atoms with Crippen molar-refractivity contribution in [2.24, 2.45) is 46.3 Å². The van der Waals surface area contributed by atoms with Crippen LogP contribution in [0.3, 0.4) is 0 Å². The smallest absolute Gasteiger partial charge is 0.305 e. The lowest BCUT2D eigenvalue weighted by Gasteiger charge is -2.66. The largest absolute Gasteiger partial charge is 0.469 e. The van der Waals surface area contributed by atoms with Gasteiger partial charge >= 0.3 is 5.97 Å². The van der Waals surface area contributed by atoms with Gasteiger partial charge in [-0.1, -0.05) is 20.8 Å². The molecular weight excluding hydrogens is 573 g/mol. The van der Waals surface area contributed by atoms with Crippen molar-refractivity contribution < 1.29 is 22.8 Å². The molecule has 4 rings (SSSR count). The third kappa shape index (κ3) is 7.35. The summed E-state index contributed by atoms with van der Waals surface area (Å²) in [5.41, 5.74) is 0.562. The van der Waals surface area contributed by atoms with Crippen molar-refractivity contribution in [3.05, 3.63) is 0 Å². The lowest BCUT2D eigenvalue weighted by Crippen LogP contribution is -2.67. The van der Waals surface area contributed by atoms with E-state index in [1.807, 2.05) is 0 Å². The van der Waals surface area contributed by atoms with Crippen LogP contribution in [0.15, 0.2) is 0 Å². The summed E-state index contributed by atoms with van der Waals surface area (Å²) in [6, 6.07) is 0. The SMILES string of the molecule is COC(=O)CC[C@@H](C)[C@H]1CC[C@H]2[C@@H]3[C@H](O[Si](C)(C)C)[C@H](O[Si](C)(C)C)[C@H]4C[C@H](O[Si](C)(C)C)CC[C@]4(C)[C@H]3CC[C@]12C. The van der Waals surface area contributed by atoms with Crippen molar-refractivity contribution in [1.82, 2.24) is 0 Å². The lowest BCUT2D eigenvalue weighted by atomic mass is 9.43. The number of ether oxygens (including phenoxy) is 1. The van der Waals surface area contributed by atoms with Crippen LogP contribution in [0.5, 0.6) is 0 Å². The van der Waals surface area contributed by atoms with Gasteiger partial charge in [-0.2, -0.15) is 0 Å². The standard InChI is InChI=1S/C34H66O5Si3/c1-23(14-17-29(35)36-4)25-15-16-26-30-27(19-21-33(25,26)2)34(3)20-18-24(37-40(5,6)7)22-28(34)31(38-41(8,9)10)32(30)39-42(11,12)13/h23-28,30-32H,14-22H2,1-13H3/t23-,24-,25-,26+,27+,28-,30+,31-,32+,33-,34-/m1/s1. The molecule has 4 saturated carbocycles. The van der Waals surface area contributed by atoms with Crippen LogP contribution in [0.1, 0.15) is 78.6 Å². The van der Waals surface area contributed by atoms with Crippen LogP contribution < -0.4 is 0 Å². The zero-order valence-electron chi connectivity index (χ0n) is 29.6. The van der Waals surface area contributed by atoms with E-state index in [4.69, 9.17) is 18.0 Å². The molecule has 244 valence electrons. The van der Waals surface area contributed by atoms with Crippen LogP contribution >= 0.6 is 0 Å². The molecule has 0 amide bonds. The summed E-state index contributed by atoms with van der Waals surface area (Å²) in [5, 5.41) is 0. The number of esters is 1. The van der Waals surface area contributed by atoms with Gasteiger partial charge in [-0.05, 0) is 157 Å². The summed E-state index contributed by atoms with van der Waals surface area (Å²) < 4.78 is 26.6. The summed E-state index contributed by atoms with van der Waals surface area (Å²) in [6.45, 7) is 29.0. The molecule has 0 aliphatic heterocycles. The number of carbonyl (C=O) groups is 1. The number of carbonyl (C=O) groups excluding carboxylic acids is 1. The summed E-state index contributed by atoms with van der Waals surface area (Å²) in [4.78, 5) is 12.0. The van der Waals surface area contributed by atoms with Crippen molar-refractivity contribution in [3.8, 4) is 0 Å². The van der Waals surface area contributed by atoms with E-state index in [2.05, 4.69) is 79.7 Å². The van der Waals surface area contributed by atoms with E-state index < -0.39 is 25.0 Å². The number of methoxy groups -OCH3 is 1. The summed E-state index contributed by atoms with van der Waals surface area (Å²) in [5.74, 6) is 3.49. The molecule has 0 aromatic carbocycles. The Labute approximate surface area is 262 Å². The first-order valence-electron chi connectivity index (χ1n) is 17.3. The molecule has 4 fully saturated rings. The average Bonchev–Trinajstić information content (AvgIpc) is 3.19. The number of hydrogen-bond donors (Lipinski definition) is 0. The highest BCUT2D eigenvalue weighted by Gasteiger charge is 2.66. The van der Waals surface area contributed by atoms with Gasteiger partial charge in [0.15, 0.2) is 25.0 Å². The molecule has 4 aliphatic carbocycles. The third-order valence-electron chi connectivity index (χ3n) is 11.9. The highest BCUT2D eigenvalue weighted by molar-refractivity contribution is 6.70. The molecule has 11 atom stereocenters. The molecule has 0 spiro atoms. The molecule has 0 heterocycles. The topological polar surface area (TPSA) is 54.0 Å². The quantitative estimate of drug-likeness (QED) is 0.176. The average molecular weight is 639 g/mol. The Morgan fingerprint density at radius 2 is 1.29 bits per heavy atom. The maximum Gasteiger partial charge on any atom is 0.305 e. The Balaban J connectivity index is 1.73. The highest BCUT2D eigenvalue weighted by atomic mass is 28.4. The van der Waals surface area contributed by atoms with Crippen LogP contribution in [-0.2, 0) is 22.8 Å². The van der Waals surface area contributed by atoms with Gasteiger partial charge in [0, 0.05) is 12.5 Å². The van der Waals surface area contributed by atoms with Gasteiger partial charge in [-0.25, -0.2) is 0 Å². The van der Waals surface area contributed by atoms with Crippen molar-refractivity contribution in [2.75, 3.05) is 7.11 Å². The Hall–Kier alpha value is 0.000649.